The number of pyridine rings is 1. The number of likely N-dealkylation sites (N-methyl/N-ethyl adjacent to an activating group) is 1. The van der Waals surface area contributed by atoms with Crippen LogP contribution < -0.4 is 4.31 Å². The summed E-state index contributed by atoms with van der Waals surface area (Å²) in [5.74, 6) is -0.772. The number of alkyl halides is 2. The van der Waals surface area contributed by atoms with Gasteiger partial charge < -0.3 is 9.32 Å². The van der Waals surface area contributed by atoms with Crippen LogP contribution in [0, 0.1) is 0 Å². The molecule has 0 spiro atoms. The van der Waals surface area contributed by atoms with Gasteiger partial charge in [0.1, 0.15) is 0 Å². The van der Waals surface area contributed by atoms with E-state index in [4.69, 9.17) is 16.0 Å². The predicted molar refractivity (Wildman–Crippen MR) is 117 cm³/mol. The summed E-state index contributed by atoms with van der Waals surface area (Å²) in [6.07, 6.45) is -1.37. The molecule has 2 aromatic heterocycles. The number of benzene rings is 1. The SMILES string of the molecule is CN1CCN(S(=O)N(Cc2ccc(-c3nnc(C(F)F)o3)cn2)c2cccc(Cl)c2)CC1. The van der Waals surface area contributed by atoms with E-state index >= 15 is 0 Å². The molecule has 1 atom stereocenters. The van der Waals surface area contributed by atoms with E-state index in [0.717, 1.165) is 13.1 Å². The van der Waals surface area contributed by atoms with E-state index in [9.17, 15) is 13.0 Å². The molecule has 0 amide bonds. The van der Waals surface area contributed by atoms with Gasteiger partial charge in [0, 0.05) is 37.4 Å². The molecule has 170 valence electrons. The van der Waals surface area contributed by atoms with Crippen LogP contribution in [-0.4, -0.2) is 61.8 Å². The van der Waals surface area contributed by atoms with Gasteiger partial charge in [-0.25, -0.2) is 8.51 Å². The number of halogens is 3. The van der Waals surface area contributed by atoms with Gasteiger partial charge >= 0.3 is 6.43 Å². The zero-order valence-corrected chi connectivity index (χ0v) is 18.8. The van der Waals surface area contributed by atoms with E-state index in [1.807, 2.05) is 17.4 Å². The molecule has 1 fully saturated rings. The van der Waals surface area contributed by atoms with E-state index < -0.39 is 23.5 Å². The molecular weight excluding hydrogens is 462 g/mol. The van der Waals surface area contributed by atoms with Gasteiger partial charge in [0.15, 0.2) is 11.2 Å². The Bertz CT molecular complexity index is 1080. The van der Waals surface area contributed by atoms with Crippen molar-refractivity contribution >= 4 is 28.5 Å². The number of aromatic nitrogens is 3. The van der Waals surface area contributed by atoms with Crippen molar-refractivity contribution in [2.75, 3.05) is 37.5 Å². The topological polar surface area (TPSA) is 78.6 Å². The third-order valence-corrected chi connectivity index (χ3v) is 6.73. The number of nitrogens with zero attached hydrogens (tertiary/aromatic N) is 6. The zero-order valence-electron chi connectivity index (χ0n) is 17.2. The zero-order chi connectivity index (χ0) is 22.7. The molecular formula is C20H21ClF2N6O2S. The van der Waals surface area contributed by atoms with Crippen molar-refractivity contribution in [3.63, 3.8) is 0 Å². The summed E-state index contributed by atoms with van der Waals surface area (Å²) in [5.41, 5.74) is 1.76. The molecule has 1 saturated heterocycles. The first-order chi connectivity index (χ1) is 15.4. The Morgan fingerprint density at radius 1 is 1.19 bits per heavy atom. The van der Waals surface area contributed by atoms with Crippen LogP contribution >= 0.6 is 11.6 Å². The van der Waals surface area contributed by atoms with Crippen molar-refractivity contribution < 1.29 is 17.4 Å². The highest BCUT2D eigenvalue weighted by atomic mass is 35.5. The van der Waals surface area contributed by atoms with Crippen molar-refractivity contribution in [3.8, 4) is 11.5 Å². The lowest BCUT2D eigenvalue weighted by molar-refractivity contribution is 0.116. The molecule has 0 saturated carbocycles. The van der Waals surface area contributed by atoms with Crippen molar-refractivity contribution in [2.24, 2.45) is 0 Å². The number of hydrogen-bond donors (Lipinski definition) is 0. The maximum atomic E-state index is 13.4. The van der Waals surface area contributed by atoms with Gasteiger partial charge in [0.05, 0.1) is 23.5 Å². The van der Waals surface area contributed by atoms with Crippen LogP contribution in [0.1, 0.15) is 18.0 Å². The average molecular weight is 483 g/mol. The first kappa shape index (κ1) is 22.7. The molecule has 0 radical (unpaired) electrons. The molecule has 4 rings (SSSR count). The third kappa shape index (κ3) is 5.29. The Morgan fingerprint density at radius 2 is 1.97 bits per heavy atom. The van der Waals surface area contributed by atoms with Crippen molar-refractivity contribution in [1.82, 2.24) is 24.4 Å². The lowest BCUT2D eigenvalue weighted by atomic mass is 10.2. The molecule has 1 aliphatic heterocycles. The molecule has 3 aromatic rings. The van der Waals surface area contributed by atoms with E-state index in [0.29, 0.717) is 35.1 Å². The van der Waals surface area contributed by atoms with Crippen molar-refractivity contribution in [2.45, 2.75) is 13.0 Å². The summed E-state index contributed by atoms with van der Waals surface area (Å²) in [4.78, 5) is 6.57. The van der Waals surface area contributed by atoms with Crippen LogP contribution in [0.4, 0.5) is 14.5 Å². The molecule has 8 nitrogen and oxygen atoms in total. The average Bonchev–Trinajstić information content (AvgIpc) is 3.29. The van der Waals surface area contributed by atoms with E-state index in [2.05, 4.69) is 20.1 Å². The number of piperazine rings is 1. The van der Waals surface area contributed by atoms with Gasteiger partial charge in [0.2, 0.25) is 5.89 Å². The van der Waals surface area contributed by atoms with Crippen LogP contribution in [-0.2, 0) is 17.7 Å². The number of anilines is 1. The summed E-state index contributed by atoms with van der Waals surface area (Å²) in [6, 6.07) is 10.5. The number of hydrogen-bond acceptors (Lipinski definition) is 6. The van der Waals surface area contributed by atoms with Gasteiger partial charge in [-0.15, -0.1) is 10.2 Å². The highest BCUT2D eigenvalue weighted by Gasteiger charge is 2.26. The fraction of sp³-hybridized carbons (Fsp3) is 0.350. The molecule has 0 aliphatic carbocycles. The summed E-state index contributed by atoms with van der Waals surface area (Å²) in [5, 5.41) is 7.50. The van der Waals surface area contributed by atoms with Crippen LogP contribution in [0.25, 0.3) is 11.5 Å². The normalized spacial score (nSPS) is 16.4. The first-order valence-corrected chi connectivity index (χ1v) is 11.3. The van der Waals surface area contributed by atoms with Crippen LogP contribution in [0.3, 0.4) is 0 Å². The van der Waals surface area contributed by atoms with Crippen molar-refractivity contribution in [3.05, 3.63) is 59.2 Å². The van der Waals surface area contributed by atoms with Gasteiger partial charge in [-0.1, -0.05) is 17.7 Å². The maximum absolute atomic E-state index is 13.4. The van der Waals surface area contributed by atoms with E-state index in [1.54, 1.807) is 34.6 Å². The maximum Gasteiger partial charge on any atom is 0.314 e. The van der Waals surface area contributed by atoms with Crippen molar-refractivity contribution in [1.29, 1.82) is 0 Å². The predicted octanol–water partition coefficient (Wildman–Crippen LogP) is 3.56. The van der Waals surface area contributed by atoms with Crippen LogP contribution in [0.15, 0.2) is 47.0 Å². The first-order valence-electron chi connectivity index (χ1n) is 9.86. The highest BCUT2D eigenvalue weighted by molar-refractivity contribution is 7.84. The lowest BCUT2D eigenvalue weighted by Gasteiger charge is -2.35. The molecule has 1 unspecified atom stereocenters. The van der Waals surface area contributed by atoms with Crippen LogP contribution in [0.2, 0.25) is 5.02 Å². The Kier molecular flexibility index (Phi) is 7.09. The van der Waals surface area contributed by atoms with Gasteiger partial charge in [0.25, 0.3) is 5.89 Å². The lowest BCUT2D eigenvalue weighted by Crippen LogP contribution is -2.49. The smallest absolute Gasteiger partial charge is 0.314 e. The second kappa shape index (κ2) is 9.99. The minimum Gasteiger partial charge on any atom is -0.415 e. The molecule has 12 heteroatoms. The second-order valence-electron chi connectivity index (χ2n) is 7.26. The molecule has 1 aliphatic rings. The highest BCUT2D eigenvalue weighted by Crippen LogP contribution is 2.26. The fourth-order valence-corrected chi connectivity index (χ4v) is 4.66. The van der Waals surface area contributed by atoms with Gasteiger partial charge in [-0.2, -0.15) is 8.78 Å². The Morgan fingerprint density at radius 3 is 2.59 bits per heavy atom. The van der Waals surface area contributed by atoms with Gasteiger partial charge in [-0.3, -0.25) is 9.29 Å². The molecule has 3 heterocycles. The Hall–Kier alpha value is -2.47. The largest absolute Gasteiger partial charge is 0.415 e. The number of rotatable bonds is 7. The quantitative estimate of drug-likeness (QED) is 0.512. The minimum atomic E-state index is -2.83. The monoisotopic (exact) mass is 482 g/mol. The summed E-state index contributed by atoms with van der Waals surface area (Å²) in [6.45, 7) is 3.26. The van der Waals surface area contributed by atoms with Gasteiger partial charge in [-0.05, 0) is 37.4 Å². The Labute approximate surface area is 191 Å². The van der Waals surface area contributed by atoms with Crippen LogP contribution in [0.5, 0.6) is 0 Å². The summed E-state index contributed by atoms with van der Waals surface area (Å²) < 4.78 is 47.4. The molecule has 32 heavy (non-hydrogen) atoms. The molecule has 1 aromatic carbocycles. The third-order valence-electron chi connectivity index (χ3n) is 4.97. The Balaban J connectivity index is 1.55. The molecule has 0 bridgehead atoms. The van der Waals surface area contributed by atoms with E-state index in [1.165, 1.54) is 6.20 Å². The van der Waals surface area contributed by atoms with E-state index in [-0.39, 0.29) is 12.4 Å². The summed E-state index contributed by atoms with van der Waals surface area (Å²) >= 11 is 4.73. The molecule has 0 N–H and O–H groups in total. The minimum absolute atomic E-state index is 0.0351. The fourth-order valence-electron chi connectivity index (χ4n) is 3.18. The standard InChI is InChI=1S/C20H21ClF2N6O2S/c1-27-7-9-28(10-8-27)32(30)29(17-4-2-3-15(21)11-17)13-16-6-5-14(12-24-16)19-25-26-20(31-19)18(22)23/h2-6,11-12,18H,7-10,13H2,1H3. The summed E-state index contributed by atoms with van der Waals surface area (Å²) in [7, 11) is 2.04. The second-order valence-corrected chi connectivity index (χ2v) is 9.12.